The lowest BCUT2D eigenvalue weighted by Gasteiger charge is -2.22. The van der Waals surface area contributed by atoms with Gasteiger partial charge in [0.25, 0.3) is 0 Å². The van der Waals surface area contributed by atoms with Crippen LogP contribution in [0.15, 0.2) is 36.4 Å². The minimum absolute atomic E-state index is 0.182. The molecule has 0 unspecified atom stereocenters. The van der Waals surface area contributed by atoms with Gasteiger partial charge in [0.2, 0.25) is 0 Å². The highest BCUT2D eigenvalue weighted by molar-refractivity contribution is 7.12. The quantitative estimate of drug-likeness (QED) is 0.868. The van der Waals surface area contributed by atoms with Gasteiger partial charge in [-0.1, -0.05) is 6.07 Å². The van der Waals surface area contributed by atoms with E-state index in [1.54, 1.807) is 23.5 Å². The summed E-state index contributed by atoms with van der Waals surface area (Å²) in [4.78, 5) is 4.81. The summed E-state index contributed by atoms with van der Waals surface area (Å²) < 4.78 is 13.3. The largest absolute Gasteiger partial charge is 0.367 e. The topological polar surface area (TPSA) is 15.3 Å². The summed E-state index contributed by atoms with van der Waals surface area (Å²) in [5.74, 6) is -0.182. The summed E-state index contributed by atoms with van der Waals surface area (Å²) in [6.45, 7) is 4.68. The number of hydrogen-bond donors (Lipinski definition) is 1. The molecule has 0 bridgehead atoms. The Balaban J connectivity index is 2.09. The molecule has 0 amide bonds. The molecule has 1 N–H and O–H groups in total. The van der Waals surface area contributed by atoms with Crippen molar-refractivity contribution < 1.29 is 4.39 Å². The highest BCUT2D eigenvalue weighted by atomic mass is 32.1. The standard InChI is InChI=1S/C15H19FN2S/c1-3-18(13-6-4-5-12(16)9-13)11-15-8-7-14(19-15)10-17-2/h4-9,17H,3,10-11H2,1-2H3. The Bertz CT molecular complexity index is 524. The molecule has 102 valence electrons. The monoisotopic (exact) mass is 278 g/mol. The fourth-order valence-electron chi connectivity index (χ4n) is 2.02. The first-order valence-corrected chi connectivity index (χ1v) is 7.27. The van der Waals surface area contributed by atoms with Crippen LogP contribution in [0.3, 0.4) is 0 Å². The molecule has 1 aromatic carbocycles. The van der Waals surface area contributed by atoms with Crippen molar-refractivity contribution in [1.82, 2.24) is 5.32 Å². The average Bonchev–Trinajstić information content (AvgIpc) is 2.84. The van der Waals surface area contributed by atoms with E-state index >= 15 is 0 Å². The Morgan fingerprint density at radius 3 is 2.68 bits per heavy atom. The lowest BCUT2D eigenvalue weighted by atomic mass is 10.2. The average molecular weight is 278 g/mol. The van der Waals surface area contributed by atoms with E-state index in [0.29, 0.717) is 0 Å². The van der Waals surface area contributed by atoms with Crippen LogP contribution in [0.5, 0.6) is 0 Å². The van der Waals surface area contributed by atoms with Crippen LogP contribution in [-0.4, -0.2) is 13.6 Å². The van der Waals surface area contributed by atoms with Gasteiger partial charge in [-0.3, -0.25) is 0 Å². The fraction of sp³-hybridized carbons (Fsp3) is 0.333. The zero-order valence-corrected chi connectivity index (χ0v) is 12.1. The Hall–Kier alpha value is -1.39. The molecular formula is C15H19FN2S. The van der Waals surface area contributed by atoms with Crippen LogP contribution in [0, 0.1) is 5.82 Å². The number of rotatable bonds is 6. The molecule has 4 heteroatoms. The van der Waals surface area contributed by atoms with Crippen molar-refractivity contribution in [2.24, 2.45) is 0 Å². The predicted octanol–water partition coefficient (Wildman–Crippen LogP) is 3.63. The third kappa shape index (κ3) is 3.78. The molecule has 1 aromatic heterocycles. The first kappa shape index (κ1) is 14.0. The number of halogens is 1. The van der Waals surface area contributed by atoms with Crippen molar-refractivity contribution in [3.8, 4) is 0 Å². The maximum absolute atomic E-state index is 13.3. The summed E-state index contributed by atoms with van der Waals surface area (Å²) in [6.07, 6.45) is 0. The molecule has 0 fully saturated rings. The number of benzene rings is 1. The molecule has 19 heavy (non-hydrogen) atoms. The Labute approximate surface area is 117 Å². The molecule has 0 saturated heterocycles. The minimum atomic E-state index is -0.182. The molecule has 0 atom stereocenters. The van der Waals surface area contributed by atoms with Gasteiger partial charge >= 0.3 is 0 Å². The summed E-state index contributed by atoms with van der Waals surface area (Å²) in [5.41, 5.74) is 0.936. The maximum atomic E-state index is 13.3. The normalized spacial score (nSPS) is 10.7. The van der Waals surface area contributed by atoms with Crippen molar-refractivity contribution in [3.05, 3.63) is 52.0 Å². The molecule has 1 heterocycles. The van der Waals surface area contributed by atoms with Crippen molar-refractivity contribution in [1.29, 1.82) is 0 Å². The number of hydrogen-bond acceptors (Lipinski definition) is 3. The third-order valence-corrected chi connectivity index (χ3v) is 4.04. The van der Waals surface area contributed by atoms with Gasteiger partial charge in [-0.2, -0.15) is 0 Å². The predicted molar refractivity (Wildman–Crippen MR) is 80.2 cm³/mol. The van der Waals surface area contributed by atoms with E-state index in [9.17, 15) is 4.39 Å². The summed E-state index contributed by atoms with van der Waals surface area (Å²) >= 11 is 1.80. The second-order valence-electron chi connectivity index (χ2n) is 4.39. The smallest absolute Gasteiger partial charge is 0.125 e. The third-order valence-electron chi connectivity index (χ3n) is 2.97. The molecule has 0 saturated carbocycles. The van der Waals surface area contributed by atoms with Crippen LogP contribution in [0.2, 0.25) is 0 Å². The number of thiophene rings is 1. The van der Waals surface area contributed by atoms with Gasteiger partial charge in [0.15, 0.2) is 0 Å². The minimum Gasteiger partial charge on any atom is -0.367 e. The van der Waals surface area contributed by atoms with Crippen LogP contribution >= 0.6 is 11.3 Å². The fourth-order valence-corrected chi connectivity index (χ4v) is 3.07. The molecule has 2 aromatic rings. The second-order valence-corrected chi connectivity index (χ2v) is 5.65. The van der Waals surface area contributed by atoms with Crippen LogP contribution in [-0.2, 0) is 13.1 Å². The number of nitrogens with zero attached hydrogens (tertiary/aromatic N) is 1. The maximum Gasteiger partial charge on any atom is 0.125 e. The zero-order valence-electron chi connectivity index (χ0n) is 11.3. The van der Waals surface area contributed by atoms with E-state index < -0.39 is 0 Å². The van der Waals surface area contributed by atoms with Gasteiger partial charge in [-0.15, -0.1) is 11.3 Å². The summed E-state index contributed by atoms with van der Waals surface area (Å²) in [5, 5.41) is 3.15. The second kappa shape index (κ2) is 6.68. The van der Waals surface area contributed by atoms with Crippen LogP contribution in [0.25, 0.3) is 0 Å². The first-order chi connectivity index (χ1) is 9.22. The zero-order chi connectivity index (χ0) is 13.7. The van der Waals surface area contributed by atoms with Crippen molar-refractivity contribution in [2.75, 3.05) is 18.5 Å². The van der Waals surface area contributed by atoms with Crippen LogP contribution < -0.4 is 10.2 Å². The molecule has 2 rings (SSSR count). The molecule has 2 nitrogen and oxygen atoms in total. The summed E-state index contributed by atoms with van der Waals surface area (Å²) in [6, 6.07) is 11.1. The van der Waals surface area contributed by atoms with Crippen molar-refractivity contribution in [3.63, 3.8) is 0 Å². The van der Waals surface area contributed by atoms with Gasteiger partial charge < -0.3 is 10.2 Å². The van der Waals surface area contributed by atoms with E-state index in [4.69, 9.17) is 0 Å². The van der Waals surface area contributed by atoms with Gasteiger partial charge in [0.05, 0.1) is 6.54 Å². The van der Waals surface area contributed by atoms with Crippen molar-refractivity contribution in [2.45, 2.75) is 20.0 Å². The molecular weight excluding hydrogens is 259 g/mol. The first-order valence-electron chi connectivity index (χ1n) is 6.45. The van der Waals surface area contributed by atoms with E-state index in [1.165, 1.54) is 15.8 Å². The van der Waals surface area contributed by atoms with Gasteiger partial charge in [-0.05, 0) is 44.3 Å². The van der Waals surface area contributed by atoms with E-state index in [0.717, 1.165) is 25.3 Å². The van der Waals surface area contributed by atoms with Crippen LogP contribution in [0.1, 0.15) is 16.7 Å². The number of anilines is 1. The molecule has 0 aliphatic rings. The Morgan fingerprint density at radius 2 is 2.00 bits per heavy atom. The number of nitrogens with one attached hydrogen (secondary N) is 1. The van der Waals surface area contributed by atoms with Gasteiger partial charge in [0, 0.05) is 28.5 Å². The lowest BCUT2D eigenvalue weighted by Crippen LogP contribution is -2.21. The molecule has 0 radical (unpaired) electrons. The highest BCUT2D eigenvalue weighted by Crippen LogP contribution is 2.22. The van der Waals surface area contributed by atoms with Gasteiger partial charge in [0.1, 0.15) is 5.82 Å². The molecule has 0 aliphatic carbocycles. The summed E-state index contributed by atoms with van der Waals surface area (Å²) in [7, 11) is 1.95. The Kier molecular flexibility index (Phi) is 4.93. The van der Waals surface area contributed by atoms with Crippen molar-refractivity contribution >= 4 is 17.0 Å². The van der Waals surface area contributed by atoms with Gasteiger partial charge in [-0.25, -0.2) is 4.39 Å². The highest BCUT2D eigenvalue weighted by Gasteiger charge is 2.08. The lowest BCUT2D eigenvalue weighted by molar-refractivity contribution is 0.626. The van der Waals surface area contributed by atoms with E-state index in [1.807, 2.05) is 13.1 Å². The molecule has 0 spiro atoms. The van der Waals surface area contributed by atoms with E-state index in [2.05, 4.69) is 29.3 Å². The van der Waals surface area contributed by atoms with E-state index in [-0.39, 0.29) is 5.82 Å². The SMILES string of the molecule is CCN(Cc1ccc(CNC)s1)c1cccc(F)c1. The van der Waals surface area contributed by atoms with Crippen LogP contribution in [0.4, 0.5) is 10.1 Å². The Morgan fingerprint density at radius 1 is 1.21 bits per heavy atom. The molecule has 0 aliphatic heterocycles.